The molecular weight excluding hydrogens is 319 g/mol. The van der Waals surface area contributed by atoms with Crippen molar-refractivity contribution in [1.29, 1.82) is 0 Å². The highest BCUT2D eigenvalue weighted by Crippen LogP contribution is 2.34. The Kier molecular flexibility index (Phi) is 4.42. The molecule has 0 amide bonds. The van der Waals surface area contributed by atoms with E-state index < -0.39 is 17.7 Å². The van der Waals surface area contributed by atoms with Crippen molar-refractivity contribution in [2.45, 2.75) is 13.1 Å². The fourth-order valence-electron chi connectivity index (χ4n) is 1.96. The Labute approximate surface area is 129 Å². The third-order valence-electron chi connectivity index (χ3n) is 3.05. The number of aromatic nitrogens is 1. The molecule has 1 heterocycles. The topological polar surface area (TPSA) is 39.2 Å². The van der Waals surface area contributed by atoms with Crippen LogP contribution in [0, 0.1) is 6.92 Å². The molecule has 116 valence electrons. The Morgan fingerprint density at radius 2 is 1.95 bits per heavy atom. The van der Waals surface area contributed by atoms with Gasteiger partial charge in [-0.1, -0.05) is 23.7 Å². The number of benzene rings is 1. The zero-order chi connectivity index (χ0) is 16.5. The third kappa shape index (κ3) is 3.22. The Balaban J connectivity index is 2.55. The van der Waals surface area contributed by atoms with E-state index in [1.165, 1.54) is 25.3 Å². The van der Waals surface area contributed by atoms with E-state index in [0.29, 0.717) is 11.1 Å². The molecule has 3 nitrogen and oxygen atoms in total. The summed E-state index contributed by atoms with van der Waals surface area (Å²) in [5, 5.41) is -0.0645. The number of alkyl halides is 3. The number of pyridine rings is 1. The summed E-state index contributed by atoms with van der Waals surface area (Å²) in [5.41, 5.74) is 0.299. The highest BCUT2D eigenvalue weighted by atomic mass is 35.5. The molecule has 1 aromatic heterocycles. The van der Waals surface area contributed by atoms with Crippen molar-refractivity contribution in [3.63, 3.8) is 0 Å². The number of halogens is 4. The van der Waals surface area contributed by atoms with Crippen molar-refractivity contribution >= 4 is 17.6 Å². The van der Waals surface area contributed by atoms with E-state index in [4.69, 9.17) is 11.6 Å². The molecule has 0 aliphatic heterocycles. The second-order valence-electron chi connectivity index (χ2n) is 4.56. The van der Waals surface area contributed by atoms with Crippen LogP contribution in [0.4, 0.5) is 13.2 Å². The predicted molar refractivity (Wildman–Crippen MR) is 75.8 cm³/mol. The van der Waals surface area contributed by atoms with E-state index in [-0.39, 0.29) is 16.4 Å². The largest absolute Gasteiger partial charge is 0.464 e. The van der Waals surface area contributed by atoms with Gasteiger partial charge in [0.2, 0.25) is 0 Å². The summed E-state index contributed by atoms with van der Waals surface area (Å²) in [6.45, 7) is 1.60. The molecule has 0 atom stereocenters. The molecule has 0 N–H and O–H groups in total. The summed E-state index contributed by atoms with van der Waals surface area (Å²) in [6.07, 6.45) is -4.45. The van der Waals surface area contributed by atoms with Gasteiger partial charge in [0.05, 0.1) is 12.7 Å². The number of methoxy groups -OCH3 is 1. The maximum atomic E-state index is 12.8. The number of carbonyl (C=O) groups is 1. The van der Waals surface area contributed by atoms with Crippen LogP contribution < -0.4 is 0 Å². The minimum absolute atomic E-state index is 0.0308. The van der Waals surface area contributed by atoms with E-state index in [0.717, 1.165) is 12.1 Å². The standard InChI is InChI=1S/C15H11ClF3NO2/c1-8-6-11(13(16)20-12(8)14(21)22-2)9-4-3-5-10(7-9)15(17,18)19/h3-7H,1-2H3. The number of aryl methyl sites for hydroxylation is 1. The number of esters is 1. The number of hydrogen-bond acceptors (Lipinski definition) is 3. The first-order valence-corrected chi connectivity index (χ1v) is 6.55. The summed E-state index contributed by atoms with van der Waals surface area (Å²) >= 11 is 6.00. The van der Waals surface area contributed by atoms with Gasteiger partial charge in [0.1, 0.15) is 5.15 Å². The molecule has 0 fully saturated rings. The molecule has 2 rings (SSSR count). The van der Waals surface area contributed by atoms with Crippen LogP contribution in [-0.4, -0.2) is 18.1 Å². The van der Waals surface area contributed by atoms with Crippen LogP contribution in [0.1, 0.15) is 21.6 Å². The van der Waals surface area contributed by atoms with Crippen molar-refractivity contribution in [2.75, 3.05) is 7.11 Å². The summed E-state index contributed by atoms with van der Waals surface area (Å²) < 4.78 is 42.9. The second kappa shape index (κ2) is 5.96. The van der Waals surface area contributed by atoms with Gasteiger partial charge < -0.3 is 4.74 Å². The van der Waals surface area contributed by atoms with Crippen LogP contribution in [0.3, 0.4) is 0 Å². The maximum Gasteiger partial charge on any atom is 0.416 e. The first-order valence-electron chi connectivity index (χ1n) is 6.17. The quantitative estimate of drug-likeness (QED) is 0.601. The van der Waals surface area contributed by atoms with Gasteiger partial charge in [0.15, 0.2) is 5.69 Å². The molecule has 2 aromatic rings. The summed E-state index contributed by atoms with van der Waals surface area (Å²) in [7, 11) is 1.21. The minimum atomic E-state index is -4.45. The van der Waals surface area contributed by atoms with Gasteiger partial charge in [0.25, 0.3) is 0 Å². The summed E-state index contributed by atoms with van der Waals surface area (Å²) in [5.74, 6) is -0.657. The van der Waals surface area contributed by atoms with Crippen molar-refractivity contribution in [1.82, 2.24) is 4.98 Å². The smallest absolute Gasteiger partial charge is 0.416 e. The maximum absolute atomic E-state index is 12.8. The lowest BCUT2D eigenvalue weighted by atomic mass is 10.0. The highest BCUT2D eigenvalue weighted by Gasteiger charge is 2.30. The first kappa shape index (κ1) is 16.3. The van der Waals surface area contributed by atoms with Gasteiger partial charge in [0, 0.05) is 5.56 Å². The van der Waals surface area contributed by atoms with Crippen molar-refractivity contribution in [3.8, 4) is 11.1 Å². The Morgan fingerprint density at radius 1 is 1.27 bits per heavy atom. The van der Waals surface area contributed by atoms with Gasteiger partial charge >= 0.3 is 12.1 Å². The van der Waals surface area contributed by atoms with Crippen LogP contribution in [-0.2, 0) is 10.9 Å². The summed E-state index contributed by atoms with van der Waals surface area (Å²) in [4.78, 5) is 15.4. The third-order valence-corrected chi connectivity index (χ3v) is 3.33. The minimum Gasteiger partial charge on any atom is -0.464 e. The number of nitrogens with zero attached hydrogens (tertiary/aromatic N) is 1. The normalized spacial score (nSPS) is 11.4. The number of hydrogen-bond donors (Lipinski definition) is 0. The van der Waals surface area contributed by atoms with E-state index >= 15 is 0 Å². The Bertz CT molecular complexity index is 729. The molecule has 22 heavy (non-hydrogen) atoms. The van der Waals surface area contributed by atoms with Gasteiger partial charge in [-0.3, -0.25) is 0 Å². The fraction of sp³-hybridized carbons (Fsp3) is 0.200. The average molecular weight is 330 g/mol. The van der Waals surface area contributed by atoms with Crippen LogP contribution >= 0.6 is 11.6 Å². The molecular formula is C15H11ClF3NO2. The van der Waals surface area contributed by atoms with Gasteiger partial charge in [-0.2, -0.15) is 13.2 Å². The van der Waals surface area contributed by atoms with E-state index in [9.17, 15) is 18.0 Å². The second-order valence-corrected chi connectivity index (χ2v) is 4.92. The highest BCUT2D eigenvalue weighted by molar-refractivity contribution is 6.32. The number of rotatable bonds is 2. The number of carbonyl (C=O) groups excluding carboxylic acids is 1. The zero-order valence-electron chi connectivity index (χ0n) is 11.7. The zero-order valence-corrected chi connectivity index (χ0v) is 12.4. The van der Waals surface area contributed by atoms with Crippen LogP contribution in [0.15, 0.2) is 30.3 Å². The average Bonchev–Trinajstić information content (AvgIpc) is 2.47. The van der Waals surface area contributed by atoms with Gasteiger partial charge in [-0.25, -0.2) is 9.78 Å². The molecule has 0 unspecified atom stereocenters. The fourth-order valence-corrected chi connectivity index (χ4v) is 2.21. The molecule has 0 spiro atoms. The lowest BCUT2D eigenvalue weighted by molar-refractivity contribution is -0.137. The monoisotopic (exact) mass is 329 g/mol. The van der Waals surface area contributed by atoms with Crippen LogP contribution in [0.5, 0.6) is 0 Å². The van der Waals surface area contributed by atoms with Crippen LogP contribution in [0.2, 0.25) is 5.15 Å². The molecule has 0 bridgehead atoms. The van der Waals surface area contributed by atoms with Crippen molar-refractivity contribution in [3.05, 3.63) is 52.3 Å². The molecule has 0 aliphatic rings. The van der Waals surface area contributed by atoms with Gasteiger partial charge in [-0.05, 0) is 36.2 Å². The van der Waals surface area contributed by atoms with E-state index in [1.54, 1.807) is 6.92 Å². The van der Waals surface area contributed by atoms with Gasteiger partial charge in [-0.15, -0.1) is 0 Å². The van der Waals surface area contributed by atoms with Crippen molar-refractivity contribution in [2.24, 2.45) is 0 Å². The van der Waals surface area contributed by atoms with Crippen LogP contribution in [0.25, 0.3) is 11.1 Å². The molecule has 0 radical (unpaired) electrons. The lowest BCUT2D eigenvalue weighted by Gasteiger charge is -2.11. The Morgan fingerprint density at radius 3 is 2.55 bits per heavy atom. The summed E-state index contributed by atoms with van der Waals surface area (Å²) in [6, 6.07) is 6.26. The predicted octanol–water partition coefficient (Wildman–Crippen LogP) is 4.52. The molecule has 0 saturated heterocycles. The molecule has 0 saturated carbocycles. The number of ether oxygens (including phenoxy) is 1. The molecule has 1 aromatic carbocycles. The Hall–Kier alpha value is -2.08. The van der Waals surface area contributed by atoms with E-state index in [2.05, 4.69) is 9.72 Å². The lowest BCUT2D eigenvalue weighted by Crippen LogP contribution is -2.08. The van der Waals surface area contributed by atoms with Crippen molar-refractivity contribution < 1.29 is 22.7 Å². The molecule has 7 heteroatoms. The SMILES string of the molecule is COC(=O)c1nc(Cl)c(-c2cccc(C(F)(F)F)c2)cc1C. The van der Waals surface area contributed by atoms with E-state index in [1.807, 2.05) is 0 Å². The first-order chi connectivity index (χ1) is 10.2. The molecule has 0 aliphatic carbocycles.